The van der Waals surface area contributed by atoms with Gasteiger partial charge >= 0.3 is 6.18 Å². The van der Waals surface area contributed by atoms with Gasteiger partial charge in [0.05, 0.1) is 5.56 Å². The van der Waals surface area contributed by atoms with Gasteiger partial charge in [-0.1, -0.05) is 38.5 Å². The number of hydrogen-bond donors (Lipinski definition) is 1. The molecule has 1 aromatic carbocycles. The number of amides is 1. The van der Waals surface area contributed by atoms with Crippen LogP contribution in [0.15, 0.2) is 24.3 Å². The molecule has 0 heterocycles. The van der Waals surface area contributed by atoms with Gasteiger partial charge in [-0.15, -0.1) is 0 Å². The Hall–Kier alpha value is -1.52. The van der Waals surface area contributed by atoms with Crippen molar-refractivity contribution in [1.29, 1.82) is 0 Å². The average molecular weight is 273 g/mol. The summed E-state index contributed by atoms with van der Waals surface area (Å²) in [6.45, 7) is 3.65. The lowest BCUT2D eigenvalue weighted by atomic mass is 9.83. The molecule has 1 rings (SSSR count). The number of benzene rings is 1. The molecule has 0 aliphatic rings. The zero-order valence-electron chi connectivity index (χ0n) is 11.0. The molecule has 19 heavy (non-hydrogen) atoms. The largest absolute Gasteiger partial charge is 0.416 e. The summed E-state index contributed by atoms with van der Waals surface area (Å²) in [5, 5.41) is 0. The molecular formula is C14H18F3NO. The number of nitrogens with two attached hydrogens (primary N) is 1. The highest BCUT2D eigenvalue weighted by Crippen LogP contribution is 2.33. The van der Waals surface area contributed by atoms with Crippen LogP contribution in [-0.2, 0) is 11.0 Å². The molecule has 0 aliphatic heterocycles. The van der Waals surface area contributed by atoms with Crippen molar-refractivity contribution >= 4 is 5.91 Å². The molecule has 0 saturated heterocycles. The number of halogens is 3. The number of carbonyl (C=O) groups excluding carboxylic acids is 1. The number of alkyl halides is 3. The van der Waals surface area contributed by atoms with Crippen LogP contribution < -0.4 is 5.73 Å². The first-order valence-corrected chi connectivity index (χ1v) is 6.23. The fraction of sp³-hybridized carbons (Fsp3) is 0.500. The third kappa shape index (κ3) is 3.98. The van der Waals surface area contributed by atoms with E-state index in [1.165, 1.54) is 6.07 Å². The van der Waals surface area contributed by atoms with E-state index in [1.54, 1.807) is 13.0 Å². The van der Waals surface area contributed by atoms with Crippen LogP contribution in [0.25, 0.3) is 0 Å². The molecule has 2 nitrogen and oxygen atoms in total. The van der Waals surface area contributed by atoms with E-state index in [1.807, 2.05) is 6.92 Å². The lowest BCUT2D eigenvalue weighted by Gasteiger charge is -2.21. The van der Waals surface area contributed by atoms with E-state index in [0.29, 0.717) is 12.0 Å². The molecule has 0 saturated carbocycles. The fourth-order valence-electron chi connectivity index (χ4n) is 2.18. The van der Waals surface area contributed by atoms with E-state index < -0.39 is 23.6 Å². The molecule has 0 spiro atoms. The first-order chi connectivity index (χ1) is 8.77. The molecule has 106 valence electrons. The van der Waals surface area contributed by atoms with Gasteiger partial charge < -0.3 is 5.73 Å². The first-order valence-electron chi connectivity index (χ1n) is 6.23. The Kier molecular flexibility index (Phi) is 4.97. The summed E-state index contributed by atoms with van der Waals surface area (Å²) in [6.07, 6.45) is -3.04. The monoisotopic (exact) mass is 273 g/mol. The number of hydrogen-bond acceptors (Lipinski definition) is 1. The Morgan fingerprint density at radius 3 is 2.47 bits per heavy atom. The highest BCUT2D eigenvalue weighted by atomic mass is 19.4. The van der Waals surface area contributed by atoms with Gasteiger partial charge in [-0.25, -0.2) is 0 Å². The zero-order valence-corrected chi connectivity index (χ0v) is 11.0. The minimum atomic E-state index is -4.37. The van der Waals surface area contributed by atoms with Crippen LogP contribution in [0.5, 0.6) is 0 Å². The Labute approximate surface area is 110 Å². The second-order valence-electron chi connectivity index (χ2n) is 4.71. The first kappa shape index (κ1) is 15.5. The van der Waals surface area contributed by atoms with Crippen molar-refractivity contribution in [1.82, 2.24) is 0 Å². The third-order valence-corrected chi connectivity index (χ3v) is 3.31. The second-order valence-corrected chi connectivity index (χ2v) is 4.71. The predicted molar refractivity (Wildman–Crippen MR) is 67.5 cm³/mol. The van der Waals surface area contributed by atoms with E-state index in [9.17, 15) is 18.0 Å². The summed E-state index contributed by atoms with van der Waals surface area (Å²) >= 11 is 0. The highest BCUT2D eigenvalue weighted by Gasteiger charge is 2.31. The summed E-state index contributed by atoms with van der Waals surface area (Å²) < 4.78 is 37.9. The van der Waals surface area contributed by atoms with E-state index in [-0.39, 0.29) is 5.92 Å². The van der Waals surface area contributed by atoms with Crippen LogP contribution in [0.3, 0.4) is 0 Å². The van der Waals surface area contributed by atoms with Crippen LogP contribution in [0.2, 0.25) is 0 Å². The molecule has 5 heteroatoms. The second kappa shape index (κ2) is 6.08. The summed E-state index contributed by atoms with van der Waals surface area (Å²) in [4.78, 5) is 11.4. The zero-order chi connectivity index (χ0) is 14.6. The van der Waals surface area contributed by atoms with Crippen LogP contribution in [0.4, 0.5) is 13.2 Å². The summed E-state index contributed by atoms with van der Waals surface area (Å²) in [5.74, 6) is -1.22. The van der Waals surface area contributed by atoms with Gasteiger partial charge in [0.2, 0.25) is 5.91 Å². The van der Waals surface area contributed by atoms with Crippen molar-refractivity contribution in [3.8, 4) is 0 Å². The van der Waals surface area contributed by atoms with Crippen LogP contribution in [-0.4, -0.2) is 5.91 Å². The van der Waals surface area contributed by atoms with Crippen molar-refractivity contribution in [2.45, 2.75) is 38.8 Å². The van der Waals surface area contributed by atoms with Crippen molar-refractivity contribution in [3.63, 3.8) is 0 Å². The molecule has 0 radical (unpaired) electrons. The van der Waals surface area contributed by atoms with Gasteiger partial charge in [0.1, 0.15) is 0 Å². The maximum absolute atomic E-state index is 12.6. The quantitative estimate of drug-likeness (QED) is 0.873. The fourth-order valence-corrected chi connectivity index (χ4v) is 2.18. The van der Waals surface area contributed by atoms with Crippen LogP contribution in [0.1, 0.15) is 43.7 Å². The molecular weight excluding hydrogens is 255 g/mol. The lowest BCUT2D eigenvalue weighted by Crippen LogP contribution is -2.27. The van der Waals surface area contributed by atoms with Crippen molar-refractivity contribution in [2.24, 2.45) is 11.7 Å². The third-order valence-electron chi connectivity index (χ3n) is 3.31. The molecule has 0 fully saturated rings. The Balaban J connectivity index is 3.04. The van der Waals surface area contributed by atoms with E-state index in [4.69, 9.17) is 5.73 Å². The molecule has 1 amide bonds. The van der Waals surface area contributed by atoms with Crippen molar-refractivity contribution in [2.75, 3.05) is 0 Å². The average Bonchev–Trinajstić information content (AvgIpc) is 2.34. The van der Waals surface area contributed by atoms with Crippen LogP contribution >= 0.6 is 0 Å². The summed E-state index contributed by atoms with van der Waals surface area (Å²) in [6, 6.07) is 5.08. The Morgan fingerprint density at radius 1 is 1.37 bits per heavy atom. The smallest absolute Gasteiger partial charge is 0.369 e. The lowest BCUT2D eigenvalue weighted by molar-refractivity contribution is -0.137. The molecule has 0 aliphatic carbocycles. The Bertz CT molecular complexity index is 443. The van der Waals surface area contributed by atoms with Gasteiger partial charge in [-0.2, -0.15) is 13.2 Å². The van der Waals surface area contributed by atoms with Crippen molar-refractivity contribution in [3.05, 3.63) is 35.4 Å². The number of carbonyl (C=O) groups is 1. The molecule has 2 N–H and O–H groups in total. The topological polar surface area (TPSA) is 43.1 Å². The molecule has 1 aromatic rings. The number of primary amides is 1. The molecule has 2 atom stereocenters. The van der Waals surface area contributed by atoms with Gasteiger partial charge in [-0.05, 0) is 24.0 Å². The van der Waals surface area contributed by atoms with E-state index in [0.717, 1.165) is 18.6 Å². The predicted octanol–water partition coefficient (Wildman–Crippen LogP) is 3.71. The maximum Gasteiger partial charge on any atom is 0.416 e. The molecule has 0 aromatic heterocycles. The van der Waals surface area contributed by atoms with Gasteiger partial charge in [0.25, 0.3) is 0 Å². The molecule has 0 bridgehead atoms. The highest BCUT2D eigenvalue weighted by molar-refractivity contribution is 5.77. The summed E-state index contributed by atoms with van der Waals surface area (Å²) in [7, 11) is 0. The van der Waals surface area contributed by atoms with Gasteiger partial charge in [0.15, 0.2) is 0 Å². The minimum Gasteiger partial charge on any atom is -0.369 e. The SMILES string of the molecule is CCCC(C(N)=O)[C@H](C)c1cccc(C(F)(F)F)c1. The van der Waals surface area contributed by atoms with E-state index in [2.05, 4.69) is 0 Å². The number of rotatable bonds is 5. The van der Waals surface area contributed by atoms with Crippen molar-refractivity contribution < 1.29 is 18.0 Å². The van der Waals surface area contributed by atoms with Gasteiger partial charge in [0, 0.05) is 5.92 Å². The van der Waals surface area contributed by atoms with Gasteiger partial charge in [-0.3, -0.25) is 4.79 Å². The molecule has 1 unspecified atom stereocenters. The summed E-state index contributed by atoms with van der Waals surface area (Å²) in [5.41, 5.74) is 5.12. The maximum atomic E-state index is 12.6. The minimum absolute atomic E-state index is 0.320. The standard InChI is InChI=1S/C14H18F3NO/c1-3-5-12(13(18)19)9(2)10-6-4-7-11(8-10)14(15,16)17/h4,6-9,12H,3,5H2,1-2H3,(H2,18,19)/t9-,12?/m1/s1. The van der Waals surface area contributed by atoms with E-state index >= 15 is 0 Å². The Morgan fingerprint density at radius 2 is 2.00 bits per heavy atom. The van der Waals surface area contributed by atoms with Crippen LogP contribution in [0, 0.1) is 5.92 Å². The normalized spacial score (nSPS) is 15.0.